The third-order valence-corrected chi connectivity index (χ3v) is 4.53. The smallest absolute Gasteiger partial charge is 0.240 e. The van der Waals surface area contributed by atoms with Gasteiger partial charge in [0, 0.05) is 6.54 Å². The number of fused-ring (bicyclic) bond motifs is 1. The summed E-state index contributed by atoms with van der Waals surface area (Å²) in [4.78, 5) is 16.9. The molecule has 0 spiro atoms. The lowest BCUT2D eigenvalue weighted by atomic mass is 10.1. The molecule has 1 atom stereocenters. The van der Waals surface area contributed by atoms with Crippen LogP contribution in [0.4, 0.5) is 0 Å². The van der Waals surface area contributed by atoms with Crippen molar-refractivity contribution in [1.29, 1.82) is 5.26 Å². The number of nitriles is 1. The fourth-order valence-electron chi connectivity index (χ4n) is 3.28. The fraction of sp³-hybridized carbons (Fsp3) is 0.667. The minimum atomic E-state index is 0.0115. The summed E-state index contributed by atoms with van der Waals surface area (Å²) in [6, 6.07) is 3.86. The topological polar surface area (TPSA) is 65.2 Å². The maximum absolute atomic E-state index is 12.8. The molecule has 0 radical (unpaired) electrons. The Kier molecular flexibility index (Phi) is 3.93. The van der Waals surface area contributed by atoms with E-state index in [1.807, 2.05) is 9.58 Å². The van der Waals surface area contributed by atoms with Crippen molar-refractivity contribution in [2.24, 2.45) is 0 Å². The average molecular weight is 287 g/mol. The van der Waals surface area contributed by atoms with Crippen LogP contribution in [-0.4, -0.2) is 51.7 Å². The number of likely N-dealkylation sites (tertiary alicyclic amines) is 1. The molecule has 1 saturated heterocycles. The number of likely N-dealkylation sites (N-methyl/N-ethyl adjacent to an activating group) is 1. The van der Waals surface area contributed by atoms with E-state index in [1.165, 1.54) is 12.8 Å². The monoisotopic (exact) mass is 287 g/mol. The summed E-state index contributed by atoms with van der Waals surface area (Å²) in [6.07, 6.45) is 4.48. The van der Waals surface area contributed by atoms with Crippen LogP contribution in [0.25, 0.3) is 0 Å². The molecule has 3 heterocycles. The molecule has 2 aliphatic heterocycles. The second-order valence-corrected chi connectivity index (χ2v) is 5.96. The molecule has 1 aromatic rings. The lowest BCUT2D eigenvalue weighted by Crippen LogP contribution is -2.49. The van der Waals surface area contributed by atoms with Crippen molar-refractivity contribution in [3.8, 4) is 6.07 Å². The van der Waals surface area contributed by atoms with Gasteiger partial charge < -0.3 is 4.90 Å². The van der Waals surface area contributed by atoms with Crippen LogP contribution in [0.3, 0.4) is 0 Å². The van der Waals surface area contributed by atoms with E-state index in [0.717, 1.165) is 25.1 Å². The summed E-state index contributed by atoms with van der Waals surface area (Å²) < 4.78 is 1.85. The Morgan fingerprint density at radius 1 is 1.33 bits per heavy atom. The summed E-state index contributed by atoms with van der Waals surface area (Å²) in [6.45, 7) is 2.93. The van der Waals surface area contributed by atoms with E-state index in [9.17, 15) is 4.79 Å². The van der Waals surface area contributed by atoms with Gasteiger partial charge in [0.25, 0.3) is 0 Å². The van der Waals surface area contributed by atoms with E-state index in [0.29, 0.717) is 25.3 Å². The van der Waals surface area contributed by atoms with Gasteiger partial charge in [-0.05, 0) is 32.5 Å². The van der Waals surface area contributed by atoms with E-state index in [1.54, 1.807) is 6.07 Å². The Morgan fingerprint density at radius 3 is 3.00 bits per heavy atom. The Bertz CT molecular complexity index is 573. The summed E-state index contributed by atoms with van der Waals surface area (Å²) in [5.74, 6) is 0.227. The van der Waals surface area contributed by atoms with Gasteiger partial charge in [0.1, 0.15) is 6.07 Å². The van der Waals surface area contributed by atoms with Gasteiger partial charge in [0.05, 0.1) is 24.8 Å². The molecule has 6 heteroatoms. The molecule has 2 aliphatic rings. The normalized spacial score (nSPS) is 23.2. The number of carbonyl (C=O) groups excluding carboxylic acids is 1. The molecule has 0 N–H and O–H groups in total. The molecule has 3 rings (SSSR count). The first-order valence-electron chi connectivity index (χ1n) is 7.65. The highest BCUT2D eigenvalue weighted by molar-refractivity contribution is 5.82. The highest BCUT2D eigenvalue weighted by Crippen LogP contribution is 2.20. The number of carbonyl (C=O) groups is 1. The van der Waals surface area contributed by atoms with Crippen LogP contribution >= 0.6 is 0 Å². The van der Waals surface area contributed by atoms with Crippen molar-refractivity contribution in [3.63, 3.8) is 0 Å². The van der Waals surface area contributed by atoms with Crippen molar-refractivity contribution in [1.82, 2.24) is 19.6 Å². The van der Waals surface area contributed by atoms with E-state index < -0.39 is 0 Å². The molecule has 6 nitrogen and oxygen atoms in total. The minimum absolute atomic E-state index is 0.0115. The summed E-state index contributed by atoms with van der Waals surface area (Å²) >= 11 is 0. The molecule has 0 aromatic carbocycles. The largest absolute Gasteiger partial charge is 0.334 e. The molecule has 1 unspecified atom stereocenters. The molecule has 21 heavy (non-hydrogen) atoms. The number of hydrogen-bond donors (Lipinski definition) is 0. The van der Waals surface area contributed by atoms with Crippen molar-refractivity contribution in [3.05, 3.63) is 17.5 Å². The zero-order chi connectivity index (χ0) is 14.8. The SMILES string of the molecule is CN1CCCCCC1C(=O)N1CCn2nc(C#N)cc2C1. The van der Waals surface area contributed by atoms with Gasteiger partial charge in [-0.1, -0.05) is 12.8 Å². The van der Waals surface area contributed by atoms with Crippen LogP contribution < -0.4 is 0 Å². The first-order valence-corrected chi connectivity index (χ1v) is 7.65. The van der Waals surface area contributed by atoms with Crippen LogP contribution in [0.2, 0.25) is 0 Å². The zero-order valence-electron chi connectivity index (χ0n) is 12.5. The van der Waals surface area contributed by atoms with Crippen LogP contribution in [-0.2, 0) is 17.9 Å². The molecule has 112 valence electrons. The Labute approximate surface area is 124 Å². The van der Waals surface area contributed by atoms with Crippen LogP contribution in [0, 0.1) is 11.3 Å². The van der Waals surface area contributed by atoms with Crippen LogP contribution in [0.1, 0.15) is 37.1 Å². The molecule has 0 bridgehead atoms. The lowest BCUT2D eigenvalue weighted by Gasteiger charge is -2.33. The third-order valence-electron chi connectivity index (χ3n) is 4.53. The van der Waals surface area contributed by atoms with Gasteiger partial charge in [-0.15, -0.1) is 0 Å². The van der Waals surface area contributed by atoms with Crippen LogP contribution in [0.15, 0.2) is 6.07 Å². The van der Waals surface area contributed by atoms with Gasteiger partial charge in [-0.25, -0.2) is 0 Å². The van der Waals surface area contributed by atoms with Crippen molar-refractivity contribution in [2.45, 2.75) is 44.8 Å². The number of hydrogen-bond acceptors (Lipinski definition) is 4. The second-order valence-electron chi connectivity index (χ2n) is 5.96. The highest BCUT2D eigenvalue weighted by Gasteiger charge is 2.31. The Morgan fingerprint density at radius 2 is 2.19 bits per heavy atom. The quantitative estimate of drug-likeness (QED) is 0.772. The fourth-order valence-corrected chi connectivity index (χ4v) is 3.28. The standard InChI is InChI=1S/C15H21N5O/c1-18-6-4-2-3-5-14(18)15(21)19-7-8-20-13(11-19)9-12(10-16)17-20/h9,14H,2-8,11H2,1H3. The van der Waals surface area contributed by atoms with Crippen LogP contribution in [0.5, 0.6) is 0 Å². The zero-order valence-corrected chi connectivity index (χ0v) is 12.5. The number of nitrogens with zero attached hydrogens (tertiary/aromatic N) is 5. The van der Waals surface area contributed by atoms with E-state index >= 15 is 0 Å². The molecular weight excluding hydrogens is 266 g/mol. The first-order chi connectivity index (χ1) is 10.2. The minimum Gasteiger partial charge on any atom is -0.334 e. The van der Waals surface area contributed by atoms with Gasteiger partial charge >= 0.3 is 0 Å². The Balaban J connectivity index is 1.72. The maximum Gasteiger partial charge on any atom is 0.240 e. The summed E-state index contributed by atoms with van der Waals surface area (Å²) in [7, 11) is 2.05. The predicted octanol–water partition coefficient (Wildman–Crippen LogP) is 0.971. The van der Waals surface area contributed by atoms with Gasteiger partial charge in [0.2, 0.25) is 5.91 Å². The lowest BCUT2D eigenvalue weighted by molar-refractivity contribution is -0.138. The first kappa shape index (κ1) is 14.1. The molecule has 0 saturated carbocycles. The van der Waals surface area contributed by atoms with Gasteiger partial charge in [0.15, 0.2) is 5.69 Å². The maximum atomic E-state index is 12.8. The molecular formula is C15H21N5O. The highest BCUT2D eigenvalue weighted by atomic mass is 16.2. The predicted molar refractivity (Wildman–Crippen MR) is 77.2 cm³/mol. The Hall–Kier alpha value is -1.87. The van der Waals surface area contributed by atoms with E-state index in [2.05, 4.69) is 23.1 Å². The number of rotatable bonds is 1. The molecule has 0 aliphatic carbocycles. The second kappa shape index (κ2) is 5.86. The van der Waals surface area contributed by atoms with Crippen molar-refractivity contribution < 1.29 is 4.79 Å². The molecule has 1 amide bonds. The average Bonchev–Trinajstić information content (AvgIpc) is 2.80. The summed E-state index contributed by atoms with van der Waals surface area (Å²) in [5, 5.41) is 13.1. The van der Waals surface area contributed by atoms with E-state index in [-0.39, 0.29) is 11.9 Å². The molecule has 1 fully saturated rings. The third kappa shape index (κ3) is 2.79. The van der Waals surface area contributed by atoms with E-state index in [4.69, 9.17) is 5.26 Å². The number of aromatic nitrogens is 2. The summed E-state index contributed by atoms with van der Waals surface area (Å²) in [5.41, 5.74) is 1.40. The molecule has 1 aromatic heterocycles. The van der Waals surface area contributed by atoms with Gasteiger partial charge in [-0.2, -0.15) is 10.4 Å². The number of amides is 1. The van der Waals surface area contributed by atoms with Crippen molar-refractivity contribution in [2.75, 3.05) is 20.1 Å². The van der Waals surface area contributed by atoms with Crippen molar-refractivity contribution >= 4 is 5.91 Å². The van der Waals surface area contributed by atoms with Gasteiger partial charge in [-0.3, -0.25) is 14.4 Å².